The number of imidazole rings is 1. The molecular weight excluding hydrogens is 270 g/mol. The number of carbonyl (C=O) groups is 1. The first kappa shape index (κ1) is 13.1. The van der Waals surface area contributed by atoms with Gasteiger partial charge in [-0.1, -0.05) is 6.07 Å². The number of fused-ring (bicyclic) bond motifs is 1. The van der Waals surface area contributed by atoms with Crippen LogP contribution in [0.5, 0.6) is 0 Å². The van der Waals surface area contributed by atoms with Crippen molar-refractivity contribution in [3.05, 3.63) is 42.1 Å². The summed E-state index contributed by atoms with van der Waals surface area (Å²) >= 11 is 0. The van der Waals surface area contributed by atoms with Crippen molar-refractivity contribution in [1.29, 1.82) is 0 Å². The van der Waals surface area contributed by atoms with Crippen LogP contribution in [0.2, 0.25) is 0 Å². The van der Waals surface area contributed by atoms with Crippen LogP contribution in [0.25, 0.3) is 5.65 Å². The van der Waals surface area contributed by atoms with Gasteiger partial charge >= 0.3 is 6.03 Å². The van der Waals surface area contributed by atoms with Crippen molar-refractivity contribution in [3.63, 3.8) is 0 Å². The van der Waals surface area contributed by atoms with Crippen LogP contribution in [-0.2, 0) is 13.6 Å². The van der Waals surface area contributed by atoms with E-state index in [0.717, 1.165) is 17.2 Å². The number of carbonyl (C=O) groups excluding carboxylic acids is 1. The maximum absolute atomic E-state index is 11.8. The number of anilines is 1. The van der Waals surface area contributed by atoms with E-state index in [0.29, 0.717) is 6.54 Å². The highest BCUT2D eigenvalue weighted by Gasteiger charge is 2.08. The number of nitrogens with zero attached hydrogens (tertiary/aromatic N) is 5. The number of urea groups is 1. The minimum atomic E-state index is -0.355. The lowest BCUT2D eigenvalue weighted by Gasteiger charge is -2.04. The number of amides is 2. The highest BCUT2D eigenvalue weighted by atomic mass is 16.2. The van der Waals surface area contributed by atoms with E-state index in [-0.39, 0.29) is 12.0 Å². The summed E-state index contributed by atoms with van der Waals surface area (Å²) in [6.45, 7) is 2.18. The molecule has 3 rings (SSSR count). The largest absolute Gasteiger partial charge is 0.332 e. The molecule has 0 saturated heterocycles. The Kier molecular flexibility index (Phi) is 3.27. The molecule has 2 amide bonds. The molecule has 3 aromatic rings. The Morgan fingerprint density at radius 3 is 3.00 bits per heavy atom. The quantitative estimate of drug-likeness (QED) is 0.754. The maximum atomic E-state index is 11.8. The van der Waals surface area contributed by atoms with Crippen LogP contribution in [0.3, 0.4) is 0 Å². The standard InChI is InChI=1S/C13H15N7O/c1-9-16-12(18-19(9)2)17-13(21)15-8-10-7-14-11-5-3-4-6-20(10)11/h3-7H,8H2,1-2H3,(H2,15,17,18,21). The van der Waals surface area contributed by atoms with E-state index in [2.05, 4.69) is 25.7 Å². The van der Waals surface area contributed by atoms with Crippen molar-refractivity contribution in [2.45, 2.75) is 13.5 Å². The van der Waals surface area contributed by atoms with Gasteiger partial charge in [0.15, 0.2) is 0 Å². The van der Waals surface area contributed by atoms with Crippen LogP contribution < -0.4 is 10.6 Å². The first-order chi connectivity index (χ1) is 10.1. The molecule has 0 aliphatic rings. The summed E-state index contributed by atoms with van der Waals surface area (Å²) in [6, 6.07) is 5.39. The van der Waals surface area contributed by atoms with Crippen LogP contribution >= 0.6 is 0 Å². The molecule has 0 radical (unpaired) electrons. The predicted molar refractivity (Wildman–Crippen MR) is 76.8 cm³/mol. The van der Waals surface area contributed by atoms with Crippen molar-refractivity contribution in [1.82, 2.24) is 29.5 Å². The second-order valence-corrected chi connectivity index (χ2v) is 4.59. The molecule has 0 saturated carbocycles. The van der Waals surface area contributed by atoms with Crippen LogP contribution in [-0.4, -0.2) is 30.2 Å². The number of hydrogen-bond donors (Lipinski definition) is 2. The van der Waals surface area contributed by atoms with Gasteiger partial charge in [-0.05, 0) is 19.1 Å². The van der Waals surface area contributed by atoms with Gasteiger partial charge in [-0.15, -0.1) is 5.10 Å². The molecule has 8 nitrogen and oxygen atoms in total. The fourth-order valence-corrected chi connectivity index (χ4v) is 1.95. The molecule has 0 fully saturated rings. The van der Waals surface area contributed by atoms with Gasteiger partial charge < -0.3 is 9.72 Å². The highest BCUT2D eigenvalue weighted by molar-refractivity contribution is 5.87. The molecule has 8 heteroatoms. The Hall–Kier alpha value is -2.90. The number of aryl methyl sites for hydroxylation is 2. The fraction of sp³-hybridized carbons (Fsp3) is 0.231. The lowest BCUT2D eigenvalue weighted by molar-refractivity contribution is 0.251. The van der Waals surface area contributed by atoms with Gasteiger partial charge in [-0.2, -0.15) is 4.98 Å². The van der Waals surface area contributed by atoms with E-state index in [9.17, 15) is 4.79 Å². The van der Waals surface area contributed by atoms with Gasteiger partial charge in [0.1, 0.15) is 11.5 Å². The Bertz CT molecular complexity index is 769. The van der Waals surface area contributed by atoms with Gasteiger partial charge in [0.2, 0.25) is 5.95 Å². The van der Waals surface area contributed by atoms with Gasteiger partial charge in [-0.25, -0.2) is 9.78 Å². The minimum Gasteiger partial charge on any atom is -0.332 e. The molecule has 0 aliphatic heterocycles. The van der Waals surface area contributed by atoms with Crippen LogP contribution in [0.1, 0.15) is 11.5 Å². The number of rotatable bonds is 3. The van der Waals surface area contributed by atoms with Crippen molar-refractivity contribution >= 4 is 17.6 Å². The number of nitrogens with one attached hydrogen (secondary N) is 2. The fourth-order valence-electron chi connectivity index (χ4n) is 1.95. The summed E-state index contributed by atoms with van der Waals surface area (Å²) < 4.78 is 3.52. The van der Waals surface area contributed by atoms with Gasteiger partial charge in [-0.3, -0.25) is 10.00 Å². The maximum Gasteiger partial charge on any atom is 0.321 e. The molecule has 3 heterocycles. The number of pyridine rings is 1. The van der Waals surface area contributed by atoms with Gasteiger partial charge in [0.25, 0.3) is 0 Å². The topological polar surface area (TPSA) is 89.1 Å². The average Bonchev–Trinajstić information content (AvgIpc) is 3.01. The number of aromatic nitrogens is 5. The summed E-state index contributed by atoms with van der Waals surface area (Å²) in [4.78, 5) is 20.2. The zero-order chi connectivity index (χ0) is 14.8. The second-order valence-electron chi connectivity index (χ2n) is 4.59. The lowest BCUT2D eigenvalue weighted by atomic mass is 10.4. The smallest absolute Gasteiger partial charge is 0.321 e. The molecule has 0 aromatic carbocycles. The summed E-state index contributed by atoms with van der Waals surface area (Å²) in [5.74, 6) is 1.01. The Labute approximate surface area is 120 Å². The third kappa shape index (κ3) is 2.69. The molecule has 0 spiro atoms. The molecule has 2 N–H and O–H groups in total. The zero-order valence-electron chi connectivity index (χ0n) is 11.7. The molecule has 0 unspecified atom stereocenters. The minimum absolute atomic E-state index is 0.283. The van der Waals surface area contributed by atoms with Gasteiger partial charge in [0, 0.05) is 13.2 Å². The van der Waals surface area contributed by atoms with Crippen LogP contribution in [0, 0.1) is 6.92 Å². The van der Waals surface area contributed by atoms with Crippen molar-refractivity contribution in [2.24, 2.45) is 7.05 Å². The van der Waals surface area contributed by atoms with Crippen molar-refractivity contribution in [2.75, 3.05) is 5.32 Å². The first-order valence-corrected chi connectivity index (χ1v) is 6.47. The van der Waals surface area contributed by atoms with Crippen molar-refractivity contribution < 1.29 is 4.79 Å². The van der Waals surface area contributed by atoms with E-state index in [4.69, 9.17) is 0 Å². The van der Waals surface area contributed by atoms with Crippen LogP contribution in [0.15, 0.2) is 30.6 Å². The van der Waals surface area contributed by atoms with E-state index in [1.807, 2.05) is 35.7 Å². The molecule has 0 bridgehead atoms. The molecular formula is C13H15N7O. The van der Waals surface area contributed by atoms with Crippen LogP contribution in [0.4, 0.5) is 10.7 Å². The third-order valence-electron chi connectivity index (χ3n) is 3.13. The molecule has 0 atom stereocenters. The Morgan fingerprint density at radius 2 is 2.24 bits per heavy atom. The van der Waals surface area contributed by atoms with Crippen molar-refractivity contribution in [3.8, 4) is 0 Å². The molecule has 0 aliphatic carbocycles. The summed E-state index contributed by atoms with van der Waals surface area (Å²) in [5, 5.41) is 9.41. The first-order valence-electron chi connectivity index (χ1n) is 6.47. The Balaban J connectivity index is 1.63. The predicted octanol–water partition coefficient (Wildman–Crippen LogP) is 1.09. The average molecular weight is 285 g/mol. The molecule has 108 valence electrons. The Morgan fingerprint density at radius 1 is 1.38 bits per heavy atom. The summed E-state index contributed by atoms with van der Waals surface area (Å²) in [6.07, 6.45) is 3.64. The lowest BCUT2D eigenvalue weighted by Crippen LogP contribution is -2.29. The summed E-state index contributed by atoms with van der Waals surface area (Å²) in [7, 11) is 1.77. The zero-order valence-corrected chi connectivity index (χ0v) is 11.7. The summed E-state index contributed by atoms with van der Waals surface area (Å²) in [5.41, 5.74) is 1.74. The second kappa shape index (κ2) is 5.23. The van der Waals surface area contributed by atoms with E-state index >= 15 is 0 Å². The highest BCUT2D eigenvalue weighted by Crippen LogP contribution is 2.06. The SMILES string of the molecule is Cc1nc(NC(=O)NCc2cnc3ccccn23)nn1C. The number of hydrogen-bond acceptors (Lipinski definition) is 4. The molecule has 21 heavy (non-hydrogen) atoms. The normalized spacial score (nSPS) is 10.8. The third-order valence-corrected chi connectivity index (χ3v) is 3.13. The molecule has 3 aromatic heterocycles. The van der Waals surface area contributed by atoms with E-state index in [1.165, 1.54) is 0 Å². The van der Waals surface area contributed by atoms with E-state index in [1.54, 1.807) is 17.9 Å². The van der Waals surface area contributed by atoms with Gasteiger partial charge in [0.05, 0.1) is 18.4 Å². The monoisotopic (exact) mass is 285 g/mol. The van der Waals surface area contributed by atoms with E-state index < -0.39 is 0 Å².